The Balaban J connectivity index is 2.47. The van der Waals surface area contributed by atoms with E-state index in [2.05, 4.69) is 15.0 Å². The molecule has 1 N–H and O–H groups in total. The van der Waals surface area contributed by atoms with E-state index in [1.54, 1.807) is 19.6 Å². The Hall–Kier alpha value is -1.84. The fourth-order valence-electron chi connectivity index (χ4n) is 1.13. The van der Waals surface area contributed by atoms with Crippen LogP contribution < -0.4 is 4.74 Å². The van der Waals surface area contributed by atoms with Crippen LogP contribution >= 0.6 is 0 Å². The molecule has 0 unspecified atom stereocenters. The second-order valence-electron chi connectivity index (χ2n) is 2.50. The fraction of sp³-hybridized carbons (Fsp3) is 0.111. The first kappa shape index (κ1) is 7.79. The first-order valence-electron chi connectivity index (χ1n) is 3.90. The topological polar surface area (TPSA) is 50.8 Å². The quantitative estimate of drug-likeness (QED) is 0.752. The second-order valence-corrected chi connectivity index (χ2v) is 2.50. The molecule has 0 amide bonds. The summed E-state index contributed by atoms with van der Waals surface area (Å²) in [5.74, 6) is 0.568. The van der Waals surface area contributed by atoms with E-state index in [9.17, 15) is 0 Å². The number of imidazole rings is 1. The number of aromatic nitrogens is 3. The molecule has 2 rings (SSSR count). The number of aromatic amines is 1. The van der Waals surface area contributed by atoms with Crippen LogP contribution in [0.3, 0.4) is 0 Å². The molecule has 66 valence electrons. The smallest absolute Gasteiger partial charge is 0.241 e. The highest BCUT2D eigenvalue weighted by molar-refractivity contribution is 5.59. The third-order valence-electron chi connectivity index (χ3n) is 1.72. The lowest BCUT2D eigenvalue weighted by Crippen LogP contribution is -1.88. The van der Waals surface area contributed by atoms with Crippen molar-refractivity contribution in [2.24, 2.45) is 0 Å². The van der Waals surface area contributed by atoms with Gasteiger partial charge in [-0.2, -0.15) is 0 Å². The van der Waals surface area contributed by atoms with Crippen LogP contribution in [-0.4, -0.2) is 22.1 Å². The van der Waals surface area contributed by atoms with Crippen LogP contribution in [0, 0.1) is 0 Å². The highest BCUT2D eigenvalue weighted by Gasteiger charge is 2.07. The minimum absolute atomic E-state index is 0.568. The summed E-state index contributed by atoms with van der Waals surface area (Å²) in [7, 11) is 1.59. The van der Waals surface area contributed by atoms with Gasteiger partial charge in [0, 0.05) is 6.20 Å². The van der Waals surface area contributed by atoms with Crippen LogP contribution in [-0.2, 0) is 0 Å². The van der Waals surface area contributed by atoms with Gasteiger partial charge in [0.15, 0.2) is 0 Å². The van der Waals surface area contributed by atoms with Crippen molar-refractivity contribution in [2.45, 2.75) is 0 Å². The molecule has 4 nitrogen and oxygen atoms in total. The molecular weight excluding hydrogens is 166 g/mol. The molecule has 0 saturated carbocycles. The monoisotopic (exact) mass is 175 g/mol. The maximum absolute atomic E-state index is 5.06. The molecule has 0 aliphatic heterocycles. The van der Waals surface area contributed by atoms with Crippen molar-refractivity contribution in [2.75, 3.05) is 7.11 Å². The van der Waals surface area contributed by atoms with Gasteiger partial charge in [-0.05, 0) is 12.1 Å². The molecule has 2 aromatic heterocycles. The van der Waals surface area contributed by atoms with E-state index in [1.807, 2.05) is 18.2 Å². The predicted molar refractivity (Wildman–Crippen MR) is 48.4 cm³/mol. The van der Waals surface area contributed by atoms with Crippen LogP contribution in [0.25, 0.3) is 11.4 Å². The molecule has 2 heterocycles. The maximum atomic E-state index is 5.06. The Bertz CT molecular complexity index is 383. The summed E-state index contributed by atoms with van der Waals surface area (Å²) in [6, 6.07) is 5.69. The Kier molecular flexibility index (Phi) is 1.96. The summed E-state index contributed by atoms with van der Waals surface area (Å²) in [5.41, 5.74) is 1.64. The Labute approximate surface area is 75.6 Å². The van der Waals surface area contributed by atoms with Gasteiger partial charge in [-0.1, -0.05) is 6.07 Å². The van der Waals surface area contributed by atoms with E-state index in [-0.39, 0.29) is 0 Å². The Morgan fingerprint density at radius 2 is 2.23 bits per heavy atom. The normalized spacial score (nSPS) is 9.92. The lowest BCUT2D eigenvalue weighted by atomic mass is 10.3. The molecule has 13 heavy (non-hydrogen) atoms. The summed E-state index contributed by atoms with van der Waals surface area (Å²) in [6.45, 7) is 0. The number of pyridine rings is 1. The maximum Gasteiger partial charge on any atom is 0.241 e. The van der Waals surface area contributed by atoms with E-state index < -0.39 is 0 Å². The summed E-state index contributed by atoms with van der Waals surface area (Å²) in [6.07, 6.45) is 3.32. The zero-order valence-corrected chi connectivity index (χ0v) is 7.19. The fourth-order valence-corrected chi connectivity index (χ4v) is 1.13. The Morgan fingerprint density at radius 3 is 2.92 bits per heavy atom. The van der Waals surface area contributed by atoms with Crippen molar-refractivity contribution >= 4 is 0 Å². The van der Waals surface area contributed by atoms with Gasteiger partial charge in [-0.25, -0.2) is 4.98 Å². The summed E-state index contributed by atoms with van der Waals surface area (Å²) >= 11 is 0. The minimum atomic E-state index is 0.568. The average Bonchev–Trinajstić information content (AvgIpc) is 2.67. The van der Waals surface area contributed by atoms with E-state index >= 15 is 0 Å². The van der Waals surface area contributed by atoms with Gasteiger partial charge in [0.2, 0.25) is 5.88 Å². The Morgan fingerprint density at radius 1 is 1.31 bits per heavy atom. The molecule has 0 saturated heterocycles. The number of nitrogens with zero attached hydrogens (tertiary/aromatic N) is 2. The zero-order chi connectivity index (χ0) is 9.10. The van der Waals surface area contributed by atoms with Crippen LogP contribution in [0.15, 0.2) is 30.7 Å². The SMILES string of the molecule is COc1nc[nH]c1-c1ccccn1. The van der Waals surface area contributed by atoms with Crippen LogP contribution in [0.4, 0.5) is 0 Å². The number of ether oxygens (including phenoxy) is 1. The molecule has 0 radical (unpaired) electrons. The van der Waals surface area contributed by atoms with Gasteiger partial charge in [-0.3, -0.25) is 4.98 Å². The molecule has 2 aromatic rings. The van der Waals surface area contributed by atoms with Gasteiger partial charge in [0.25, 0.3) is 0 Å². The molecule has 0 aliphatic rings. The average molecular weight is 175 g/mol. The molecule has 0 atom stereocenters. The van der Waals surface area contributed by atoms with Crippen molar-refractivity contribution < 1.29 is 4.74 Å². The highest BCUT2D eigenvalue weighted by Crippen LogP contribution is 2.22. The van der Waals surface area contributed by atoms with Crippen molar-refractivity contribution in [3.8, 4) is 17.3 Å². The lowest BCUT2D eigenvalue weighted by molar-refractivity contribution is 0.401. The third-order valence-corrected chi connectivity index (χ3v) is 1.72. The number of methoxy groups -OCH3 is 1. The third kappa shape index (κ3) is 1.38. The molecule has 0 fully saturated rings. The molecular formula is C9H9N3O. The first-order chi connectivity index (χ1) is 6.42. The first-order valence-corrected chi connectivity index (χ1v) is 3.90. The molecule has 0 bridgehead atoms. The van der Waals surface area contributed by atoms with E-state index in [4.69, 9.17) is 4.74 Å². The number of rotatable bonds is 2. The zero-order valence-electron chi connectivity index (χ0n) is 7.19. The molecule has 0 spiro atoms. The van der Waals surface area contributed by atoms with Crippen molar-refractivity contribution in [1.29, 1.82) is 0 Å². The summed E-state index contributed by atoms with van der Waals surface area (Å²) in [5, 5.41) is 0. The van der Waals surface area contributed by atoms with E-state index in [0.29, 0.717) is 5.88 Å². The lowest BCUT2D eigenvalue weighted by Gasteiger charge is -1.98. The largest absolute Gasteiger partial charge is 0.479 e. The molecule has 0 aromatic carbocycles. The summed E-state index contributed by atoms with van der Waals surface area (Å²) in [4.78, 5) is 11.1. The standard InChI is InChI=1S/C9H9N3O/c1-13-9-8(11-6-12-9)7-4-2-3-5-10-7/h2-6H,1H3,(H,11,12). The van der Waals surface area contributed by atoms with Crippen molar-refractivity contribution in [3.63, 3.8) is 0 Å². The highest BCUT2D eigenvalue weighted by atomic mass is 16.5. The van der Waals surface area contributed by atoms with Gasteiger partial charge in [-0.15, -0.1) is 0 Å². The second kappa shape index (κ2) is 3.26. The van der Waals surface area contributed by atoms with Crippen molar-refractivity contribution in [3.05, 3.63) is 30.7 Å². The number of hydrogen-bond donors (Lipinski definition) is 1. The predicted octanol–water partition coefficient (Wildman–Crippen LogP) is 1.48. The number of nitrogens with one attached hydrogen (secondary N) is 1. The van der Waals surface area contributed by atoms with Crippen LogP contribution in [0.5, 0.6) is 5.88 Å². The number of hydrogen-bond acceptors (Lipinski definition) is 3. The van der Waals surface area contributed by atoms with E-state index in [0.717, 1.165) is 11.4 Å². The van der Waals surface area contributed by atoms with Gasteiger partial charge < -0.3 is 9.72 Å². The van der Waals surface area contributed by atoms with Gasteiger partial charge in [0.1, 0.15) is 5.69 Å². The summed E-state index contributed by atoms with van der Waals surface area (Å²) < 4.78 is 5.06. The number of H-pyrrole nitrogens is 1. The minimum Gasteiger partial charge on any atom is -0.479 e. The molecule has 0 aliphatic carbocycles. The van der Waals surface area contributed by atoms with Crippen molar-refractivity contribution in [1.82, 2.24) is 15.0 Å². The van der Waals surface area contributed by atoms with Gasteiger partial charge >= 0.3 is 0 Å². The van der Waals surface area contributed by atoms with Gasteiger partial charge in [0.05, 0.1) is 19.1 Å². The molecule has 4 heteroatoms. The van der Waals surface area contributed by atoms with Crippen LogP contribution in [0.1, 0.15) is 0 Å². The van der Waals surface area contributed by atoms with Crippen LogP contribution in [0.2, 0.25) is 0 Å². The van der Waals surface area contributed by atoms with E-state index in [1.165, 1.54) is 0 Å².